The van der Waals surface area contributed by atoms with Crippen LogP contribution >= 0.6 is 23.2 Å². The highest BCUT2D eigenvalue weighted by Gasteiger charge is 2.34. The van der Waals surface area contributed by atoms with Crippen LogP contribution in [0.5, 0.6) is 0 Å². The number of benzene rings is 1. The Morgan fingerprint density at radius 1 is 1.29 bits per heavy atom. The smallest absolute Gasteiger partial charge is 0.338 e. The molecule has 0 bridgehead atoms. The molecule has 24 heavy (non-hydrogen) atoms. The minimum atomic E-state index is -0.638. The molecule has 1 atom stereocenters. The Labute approximate surface area is 151 Å². The molecule has 1 unspecified atom stereocenters. The molecule has 1 aromatic carbocycles. The number of hydrogen-bond acceptors (Lipinski definition) is 3. The Bertz CT molecular complexity index is 686. The van der Waals surface area contributed by atoms with Crippen LogP contribution in [0.3, 0.4) is 0 Å². The van der Waals surface area contributed by atoms with Gasteiger partial charge in [-0.15, -0.1) is 0 Å². The van der Waals surface area contributed by atoms with E-state index in [-0.39, 0.29) is 12.1 Å². The summed E-state index contributed by atoms with van der Waals surface area (Å²) in [6, 6.07) is 4.01. The molecule has 7 heteroatoms. The Kier molecular flexibility index (Phi) is 6.13. The van der Waals surface area contributed by atoms with Gasteiger partial charge in [-0.1, -0.05) is 42.6 Å². The predicted molar refractivity (Wildman–Crippen MR) is 94.0 cm³/mol. The van der Waals surface area contributed by atoms with Crippen molar-refractivity contribution in [3.05, 3.63) is 45.1 Å². The number of halogens is 2. The van der Waals surface area contributed by atoms with E-state index in [2.05, 4.69) is 10.6 Å². The fourth-order valence-corrected chi connectivity index (χ4v) is 2.83. The summed E-state index contributed by atoms with van der Waals surface area (Å²) < 4.78 is 5.36. The molecule has 0 saturated carbocycles. The van der Waals surface area contributed by atoms with Gasteiger partial charge in [-0.05, 0) is 38.0 Å². The van der Waals surface area contributed by atoms with Gasteiger partial charge in [-0.25, -0.2) is 9.59 Å². The molecule has 0 radical (unpaired) electrons. The van der Waals surface area contributed by atoms with E-state index in [4.69, 9.17) is 27.9 Å². The zero-order valence-electron chi connectivity index (χ0n) is 13.8. The molecule has 2 N–H and O–H groups in total. The van der Waals surface area contributed by atoms with Crippen LogP contribution < -0.4 is 10.6 Å². The monoisotopic (exact) mass is 370 g/mol. The van der Waals surface area contributed by atoms with E-state index in [1.807, 2.05) is 6.92 Å². The molecule has 1 aromatic rings. The van der Waals surface area contributed by atoms with Gasteiger partial charge in [0.05, 0.1) is 27.8 Å². The number of ether oxygens (including phenoxy) is 1. The summed E-state index contributed by atoms with van der Waals surface area (Å²) in [6.07, 6.45) is 1.08. The first-order valence-corrected chi connectivity index (χ1v) is 8.55. The molecule has 0 fully saturated rings. The van der Waals surface area contributed by atoms with E-state index in [0.717, 1.165) is 6.42 Å². The largest absolute Gasteiger partial charge is 0.459 e. The van der Waals surface area contributed by atoms with Crippen molar-refractivity contribution in [1.29, 1.82) is 0 Å². The molecular weight excluding hydrogens is 351 g/mol. The summed E-state index contributed by atoms with van der Waals surface area (Å²) >= 11 is 12.0. The maximum Gasteiger partial charge on any atom is 0.338 e. The number of esters is 1. The van der Waals surface area contributed by atoms with Gasteiger partial charge in [0.15, 0.2) is 0 Å². The molecule has 0 saturated heterocycles. The first-order chi connectivity index (χ1) is 11.3. The fourth-order valence-electron chi connectivity index (χ4n) is 2.53. The number of nitrogens with one attached hydrogen (secondary N) is 2. The van der Waals surface area contributed by atoms with Gasteiger partial charge >= 0.3 is 12.0 Å². The Hall–Kier alpha value is -1.72. The number of carbonyl (C=O) groups excluding carboxylic acids is 2. The number of amides is 2. The van der Waals surface area contributed by atoms with Gasteiger partial charge < -0.3 is 15.4 Å². The standard InChI is InChI=1S/C17H20Cl2N2O3/c1-4-5-13-14(16(22)24-9(2)3)15(21-17(23)20-13)10-6-7-11(18)12(19)8-10/h6-9,15H,4-5H2,1-3H3,(H2,20,21,23). The van der Waals surface area contributed by atoms with Crippen molar-refractivity contribution in [3.8, 4) is 0 Å². The van der Waals surface area contributed by atoms with E-state index < -0.39 is 12.0 Å². The number of rotatable bonds is 5. The van der Waals surface area contributed by atoms with Gasteiger partial charge in [0.25, 0.3) is 0 Å². The quantitative estimate of drug-likeness (QED) is 0.756. The number of allylic oxidation sites excluding steroid dienone is 1. The Balaban J connectivity index is 2.51. The maximum atomic E-state index is 12.6. The summed E-state index contributed by atoms with van der Waals surface area (Å²) in [6.45, 7) is 5.53. The van der Waals surface area contributed by atoms with Crippen molar-refractivity contribution in [3.63, 3.8) is 0 Å². The topological polar surface area (TPSA) is 67.4 Å². The summed E-state index contributed by atoms with van der Waals surface area (Å²) in [7, 11) is 0. The van der Waals surface area contributed by atoms with Gasteiger partial charge in [0, 0.05) is 5.70 Å². The fraction of sp³-hybridized carbons (Fsp3) is 0.412. The first kappa shape index (κ1) is 18.6. The number of carbonyl (C=O) groups is 2. The van der Waals surface area contributed by atoms with Crippen molar-refractivity contribution < 1.29 is 14.3 Å². The summed E-state index contributed by atoms with van der Waals surface area (Å²) in [4.78, 5) is 24.6. The van der Waals surface area contributed by atoms with Crippen molar-refractivity contribution in [2.45, 2.75) is 45.8 Å². The van der Waals surface area contributed by atoms with Crippen LogP contribution in [0.15, 0.2) is 29.5 Å². The number of hydrogen-bond donors (Lipinski definition) is 2. The predicted octanol–water partition coefficient (Wildman–Crippen LogP) is 4.35. The van der Waals surface area contributed by atoms with Gasteiger partial charge in [-0.2, -0.15) is 0 Å². The van der Waals surface area contributed by atoms with Gasteiger partial charge in [0.2, 0.25) is 0 Å². The van der Waals surface area contributed by atoms with Crippen LogP contribution in [-0.4, -0.2) is 18.1 Å². The van der Waals surface area contributed by atoms with Gasteiger partial charge in [-0.3, -0.25) is 0 Å². The Morgan fingerprint density at radius 3 is 2.58 bits per heavy atom. The zero-order valence-corrected chi connectivity index (χ0v) is 15.3. The van der Waals surface area contributed by atoms with Crippen molar-refractivity contribution >= 4 is 35.2 Å². The second-order valence-electron chi connectivity index (χ2n) is 5.80. The summed E-state index contributed by atoms with van der Waals surface area (Å²) in [5.41, 5.74) is 1.63. The van der Waals surface area contributed by atoms with E-state index in [1.165, 1.54) is 0 Å². The summed E-state index contributed by atoms with van der Waals surface area (Å²) in [5, 5.41) is 6.24. The summed E-state index contributed by atoms with van der Waals surface area (Å²) in [5.74, 6) is -0.461. The molecule has 0 aliphatic carbocycles. The molecule has 2 amide bonds. The molecule has 1 aliphatic heterocycles. The molecule has 5 nitrogen and oxygen atoms in total. The molecule has 2 rings (SSSR count). The normalized spacial score (nSPS) is 17.6. The molecule has 0 aromatic heterocycles. The lowest BCUT2D eigenvalue weighted by Crippen LogP contribution is -2.46. The van der Waals surface area contributed by atoms with E-state index in [1.54, 1.807) is 32.0 Å². The lowest BCUT2D eigenvalue weighted by atomic mass is 9.94. The third-order valence-electron chi connectivity index (χ3n) is 3.49. The Morgan fingerprint density at radius 2 is 2.00 bits per heavy atom. The van der Waals surface area contributed by atoms with Crippen molar-refractivity contribution in [2.75, 3.05) is 0 Å². The second kappa shape index (κ2) is 7.90. The highest BCUT2D eigenvalue weighted by Crippen LogP contribution is 2.33. The average molecular weight is 371 g/mol. The van der Waals surface area contributed by atoms with Gasteiger partial charge in [0.1, 0.15) is 0 Å². The van der Waals surface area contributed by atoms with Crippen LogP contribution in [0.4, 0.5) is 4.79 Å². The molecular formula is C17H20Cl2N2O3. The molecule has 0 spiro atoms. The van der Waals surface area contributed by atoms with Crippen molar-refractivity contribution in [1.82, 2.24) is 10.6 Å². The minimum absolute atomic E-state index is 0.264. The van der Waals surface area contributed by atoms with Crippen molar-refractivity contribution in [2.24, 2.45) is 0 Å². The lowest BCUT2D eigenvalue weighted by molar-refractivity contribution is -0.143. The van der Waals surface area contributed by atoms with Crippen LogP contribution in [0.1, 0.15) is 45.2 Å². The van der Waals surface area contributed by atoms with Crippen LogP contribution in [0.25, 0.3) is 0 Å². The zero-order chi connectivity index (χ0) is 17.9. The first-order valence-electron chi connectivity index (χ1n) is 7.80. The maximum absolute atomic E-state index is 12.6. The molecule has 130 valence electrons. The van der Waals surface area contributed by atoms with E-state index in [0.29, 0.717) is 33.3 Å². The van der Waals surface area contributed by atoms with Crippen LogP contribution in [0.2, 0.25) is 10.0 Å². The SMILES string of the molecule is CCCC1=C(C(=O)OC(C)C)C(c2ccc(Cl)c(Cl)c2)NC(=O)N1. The van der Waals surface area contributed by atoms with E-state index >= 15 is 0 Å². The van der Waals surface area contributed by atoms with Crippen LogP contribution in [0, 0.1) is 0 Å². The highest BCUT2D eigenvalue weighted by molar-refractivity contribution is 6.42. The number of urea groups is 1. The molecule has 1 aliphatic rings. The third-order valence-corrected chi connectivity index (χ3v) is 4.23. The molecule has 1 heterocycles. The van der Waals surface area contributed by atoms with Crippen LogP contribution in [-0.2, 0) is 9.53 Å². The second-order valence-corrected chi connectivity index (χ2v) is 6.62. The third kappa shape index (κ3) is 4.22. The highest BCUT2D eigenvalue weighted by atomic mass is 35.5. The lowest BCUT2D eigenvalue weighted by Gasteiger charge is -2.30. The average Bonchev–Trinajstić information content (AvgIpc) is 2.49. The minimum Gasteiger partial charge on any atom is -0.459 e. The van der Waals surface area contributed by atoms with E-state index in [9.17, 15) is 9.59 Å².